The summed E-state index contributed by atoms with van der Waals surface area (Å²) in [5, 5.41) is 7.13. The number of hydrogen-bond acceptors (Lipinski definition) is 0. The number of rotatable bonds is 4. The maximum Gasteiger partial charge on any atom is 0.0484 e. The summed E-state index contributed by atoms with van der Waals surface area (Å²) in [7, 11) is -0.686. The molecule has 0 aliphatic rings. The molecule has 0 heterocycles. The van der Waals surface area contributed by atoms with Crippen molar-refractivity contribution in [1.29, 1.82) is 0 Å². The van der Waals surface area contributed by atoms with E-state index >= 15 is 0 Å². The van der Waals surface area contributed by atoms with Crippen molar-refractivity contribution >= 4 is 46.2 Å². The SMILES string of the molecule is Clc1ccc(-c2ccccc2P(c2ccccc2)c2ccccc2)c2ccccc12. The normalized spacial score (nSPS) is 11.1. The van der Waals surface area contributed by atoms with Crippen LogP contribution in [0.1, 0.15) is 0 Å². The van der Waals surface area contributed by atoms with Crippen LogP contribution in [0.3, 0.4) is 0 Å². The molecule has 144 valence electrons. The Labute approximate surface area is 183 Å². The first-order chi connectivity index (χ1) is 14.8. The van der Waals surface area contributed by atoms with E-state index in [-0.39, 0.29) is 0 Å². The molecule has 5 aromatic rings. The summed E-state index contributed by atoms with van der Waals surface area (Å²) in [6, 6.07) is 43.1. The molecule has 0 amide bonds. The molecule has 5 rings (SSSR count). The van der Waals surface area contributed by atoms with Crippen LogP contribution >= 0.6 is 19.5 Å². The Hall–Kier alpha value is -2.92. The minimum atomic E-state index is -0.686. The second-order valence-corrected chi connectivity index (χ2v) is 9.76. The highest BCUT2D eigenvalue weighted by atomic mass is 35.5. The van der Waals surface area contributed by atoms with E-state index in [4.69, 9.17) is 11.6 Å². The van der Waals surface area contributed by atoms with Crippen LogP contribution in [-0.2, 0) is 0 Å². The van der Waals surface area contributed by atoms with Gasteiger partial charge in [-0.1, -0.05) is 127 Å². The summed E-state index contributed by atoms with van der Waals surface area (Å²) >= 11 is 6.51. The highest BCUT2D eigenvalue weighted by molar-refractivity contribution is 7.80. The maximum absolute atomic E-state index is 6.51. The van der Waals surface area contributed by atoms with E-state index < -0.39 is 7.92 Å². The van der Waals surface area contributed by atoms with Crippen LogP contribution in [-0.4, -0.2) is 0 Å². The first kappa shape index (κ1) is 19.1. The topological polar surface area (TPSA) is 0 Å². The largest absolute Gasteiger partial charge is 0.0837 e. The molecule has 30 heavy (non-hydrogen) atoms. The number of fused-ring (bicyclic) bond motifs is 1. The van der Waals surface area contributed by atoms with Crippen LogP contribution in [0.2, 0.25) is 5.02 Å². The lowest BCUT2D eigenvalue weighted by molar-refractivity contribution is 1.68. The van der Waals surface area contributed by atoms with Crippen molar-refractivity contribution in [3.05, 3.63) is 126 Å². The Kier molecular flexibility index (Phi) is 5.37. The molecule has 0 radical (unpaired) electrons. The van der Waals surface area contributed by atoms with Crippen molar-refractivity contribution in [3.8, 4) is 11.1 Å². The molecule has 0 fully saturated rings. The number of hydrogen-bond donors (Lipinski definition) is 0. The van der Waals surface area contributed by atoms with Crippen LogP contribution < -0.4 is 15.9 Å². The summed E-state index contributed by atoms with van der Waals surface area (Å²) in [6.45, 7) is 0. The first-order valence-electron chi connectivity index (χ1n) is 10.00. The lowest BCUT2D eigenvalue weighted by atomic mass is 9.98. The molecular weight excluding hydrogens is 403 g/mol. The Morgan fingerprint density at radius 3 is 1.63 bits per heavy atom. The second kappa shape index (κ2) is 8.44. The van der Waals surface area contributed by atoms with E-state index in [0.29, 0.717) is 0 Å². The Bertz CT molecular complexity index is 1260. The molecule has 0 spiro atoms. The van der Waals surface area contributed by atoms with E-state index in [9.17, 15) is 0 Å². The Balaban J connectivity index is 1.78. The summed E-state index contributed by atoms with van der Waals surface area (Å²) in [5.74, 6) is 0. The molecule has 0 aliphatic carbocycles. The van der Waals surface area contributed by atoms with Gasteiger partial charge in [0.2, 0.25) is 0 Å². The van der Waals surface area contributed by atoms with Crippen molar-refractivity contribution in [2.75, 3.05) is 0 Å². The summed E-state index contributed by atoms with van der Waals surface area (Å²) in [5.41, 5.74) is 2.49. The van der Waals surface area contributed by atoms with Gasteiger partial charge in [-0.15, -0.1) is 0 Å². The van der Waals surface area contributed by atoms with Crippen LogP contribution in [0.5, 0.6) is 0 Å². The minimum Gasteiger partial charge on any atom is -0.0837 e. The average Bonchev–Trinajstić information content (AvgIpc) is 2.82. The van der Waals surface area contributed by atoms with Crippen LogP contribution in [0.15, 0.2) is 121 Å². The standard InChI is InChI=1S/C28H20ClP/c29-27-20-19-24(23-15-7-8-16-25(23)27)26-17-9-10-18-28(26)30(21-11-3-1-4-12-21)22-13-5-2-6-14-22/h1-20H. The van der Waals surface area contributed by atoms with E-state index in [1.54, 1.807) is 0 Å². The molecule has 0 unspecified atom stereocenters. The number of halogens is 1. The smallest absolute Gasteiger partial charge is 0.0484 e. The monoisotopic (exact) mass is 422 g/mol. The van der Waals surface area contributed by atoms with Gasteiger partial charge in [-0.3, -0.25) is 0 Å². The van der Waals surface area contributed by atoms with Crippen LogP contribution in [0.4, 0.5) is 0 Å². The average molecular weight is 423 g/mol. The predicted octanol–water partition coefficient (Wildman–Crippen LogP) is 6.92. The first-order valence-corrected chi connectivity index (χ1v) is 11.7. The molecule has 2 heteroatoms. The highest BCUT2D eigenvalue weighted by Crippen LogP contribution is 2.39. The van der Waals surface area contributed by atoms with Crippen molar-refractivity contribution in [2.45, 2.75) is 0 Å². The molecular formula is C28H20ClP. The molecule has 0 aliphatic heterocycles. The van der Waals surface area contributed by atoms with Gasteiger partial charge in [0.15, 0.2) is 0 Å². The minimum absolute atomic E-state index is 0.686. The Morgan fingerprint density at radius 2 is 0.967 bits per heavy atom. The number of benzene rings is 5. The quantitative estimate of drug-likeness (QED) is 0.276. The molecule has 0 aromatic heterocycles. The lowest BCUT2D eigenvalue weighted by Crippen LogP contribution is -2.22. The molecule has 0 atom stereocenters. The van der Waals surface area contributed by atoms with Gasteiger partial charge < -0.3 is 0 Å². The van der Waals surface area contributed by atoms with Gasteiger partial charge in [-0.2, -0.15) is 0 Å². The van der Waals surface area contributed by atoms with Gasteiger partial charge in [-0.05, 0) is 46.4 Å². The van der Waals surface area contributed by atoms with Gasteiger partial charge in [0, 0.05) is 10.4 Å². The molecule has 0 bridgehead atoms. The summed E-state index contributed by atoms with van der Waals surface area (Å²) in [6.07, 6.45) is 0. The van der Waals surface area contributed by atoms with Gasteiger partial charge in [0.25, 0.3) is 0 Å². The lowest BCUT2D eigenvalue weighted by Gasteiger charge is -2.23. The zero-order valence-corrected chi connectivity index (χ0v) is 18.0. The molecule has 0 saturated carbocycles. The molecule has 5 aromatic carbocycles. The molecule has 0 saturated heterocycles. The maximum atomic E-state index is 6.51. The van der Waals surface area contributed by atoms with E-state index in [2.05, 4.69) is 109 Å². The van der Waals surface area contributed by atoms with E-state index in [1.165, 1.54) is 32.4 Å². The zero-order valence-electron chi connectivity index (χ0n) is 16.4. The van der Waals surface area contributed by atoms with Gasteiger partial charge in [0.1, 0.15) is 0 Å². The third-order valence-electron chi connectivity index (χ3n) is 5.33. The van der Waals surface area contributed by atoms with Gasteiger partial charge in [0.05, 0.1) is 0 Å². The van der Waals surface area contributed by atoms with Gasteiger partial charge in [-0.25, -0.2) is 0 Å². The third kappa shape index (κ3) is 3.54. The van der Waals surface area contributed by atoms with E-state index in [0.717, 1.165) is 10.4 Å². The Morgan fingerprint density at radius 1 is 0.433 bits per heavy atom. The van der Waals surface area contributed by atoms with Crippen molar-refractivity contribution in [2.24, 2.45) is 0 Å². The second-order valence-electron chi connectivity index (χ2n) is 7.16. The van der Waals surface area contributed by atoms with Crippen LogP contribution in [0, 0.1) is 0 Å². The summed E-state index contributed by atoms with van der Waals surface area (Å²) in [4.78, 5) is 0. The highest BCUT2D eigenvalue weighted by Gasteiger charge is 2.20. The molecule has 0 nitrogen and oxygen atoms in total. The van der Waals surface area contributed by atoms with Crippen molar-refractivity contribution in [1.82, 2.24) is 0 Å². The van der Waals surface area contributed by atoms with Crippen molar-refractivity contribution in [3.63, 3.8) is 0 Å². The van der Waals surface area contributed by atoms with Gasteiger partial charge >= 0.3 is 0 Å². The fraction of sp³-hybridized carbons (Fsp3) is 0. The fourth-order valence-electron chi connectivity index (χ4n) is 3.97. The zero-order chi connectivity index (χ0) is 20.3. The van der Waals surface area contributed by atoms with Crippen LogP contribution in [0.25, 0.3) is 21.9 Å². The third-order valence-corrected chi connectivity index (χ3v) is 8.17. The summed E-state index contributed by atoms with van der Waals surface area (Å²) < 4.78 is 0. The van der Waals surface area contributed by atoms with E-state index in [1.807, 2.05) is 12.1 Å². The fourth-order valence-corrected chi connectivity index (χ4v) is 6.67. The van der Waals surface area contributed by atoms with Crippen molar-refractivity contribution < 1.29 is 0 Å². The predicted molar refractivity (Wildman–Crippen MR) is 133 cm³/mol. The molecule has 0 N–H and O–H groups in total.